The zero-order valence-electron chi connectivity index (χ0n) is 12.7. The minimum absolute atomic E-state index is 0.0981. The number of alkyl halides is 3. The molecule has 0 aliphatic carbocycles. The molecular weight excluding hydrogens is 528 g/mol. The SMILES string of the molecule is N#C/C(=C\c1cc(Br)cc(I)c1O)C(=O)Nc1cccc(C(F)(F)F)c1. The molecule has 0 saturated heterocycles. The summed E-state index contributed by atoms with van der Waals surface area (Å²) in [7, 11) is 0. The fourth-order valence-corrected chi connectivity index (χ4v) is 3.52. The van der Waals surface area contributed by atoms with E-state index in [0.717, 1.165) is 24.3 Å². The molecule has 0 bridgehead atoms. The third-order valence-electron chi connectivity index (χ3n) is 3.17. The molecular formula is C17H9BrF3IN2O2. The normalized spacial score (nSPS) is 11.8. The first kappa shape index (κ1) is 20.3. The molecule has 0 saturated carbocycles. The summed E-state index contributed by atoms with van der Waals surface area (Å²) in [6, 6.07) is 8.90. The number of benzene rings is 2. The van der Waals surface area contributed by atoms with Crippen molar-refractivity contribution in [2.75, 3.05) is 5.32 Å². The predicted molar refractivity (Wildman–Crippen MR) is 102 cm³/mol. The summed E-state index contributed by atoms with van der Waals surface area (Å²) in [6.45, 7) is 0. The van der Waals surface area contributed by atoms with Gasteiger partial charge in [-0.15, -0.1) is 0 Å². The van der Waals surface area contributed by atoms with Crippen LogP contribution in [0.5, 0.6) is 5.75 Å². The summed E-state index contributed by atoms with van der Waals surface area (Å²) >= 11 is 5.12. The lowest BCUT2D eigenvalue weighted by Crippen LogP contribution is -2.14. The van der Waals surface area contributed by atoms with E-state index in [1.807, 2.05) is 22.6 Å². The summed E-state index contributed by atoms with van der Waals surface area (Å²) in [6.07, 6.45) is -3.39. The summed E-state index contributed by atoms with van der Waals surface area (Å²) < 4.78 is 39.3. The van der Waals surface area contributed by atoms with E-state index in [1.165, 1.54) is 12.1 Å². The van der Waals surface area contributed by atoms with E-state index in [9.17, 15) is 28.3 Å². The number of nitrogens with one attached hydrogen (secondary N) is 1. The molecule has 0 aliphatic rings. The van der Waals surface area contributed by atoms with Crippen LogP contribution in [0.15, 0.2) is 46.4 Å². The van der Waals surface area contributed by atoms with Crippen molar-refractivity contribution in [1.82, 2.24) is 0 Å². The number of rotatable bonds is 3. The maximum atomic E-state index is 12.7. The van der Waals surface area contributed by atoms with Crippen LogP contribution in [0, 0.1) is 14.9 Å². The average Bonchev–Trinajstić information content (AvgIpc) is 2.56. The zero-order valence-corrected chi connectivity index (χ0v) is 16.5. The summed E-state index contributed by atoms with van der Waals surface area (Å²) in [4.78, 5) is 12.2. The highest BCUT2D eigenvalue weighted by atomic mass is 127. The summed E-state index contributed by atoms with van der Waals surface area (Å²) in [5, 5.41) is 21.5. The average molecular weight is 537 g/mol. The van der Waals surface area contributed by atoms with Gasteiger partial charge in [-0.3, -0.25) is 4.79 Å². The van der Waals surface area contributed by atoms with Crippen LogP contribution in [-0.2, 0) is 11.0 Å². The molecule has 26 heavy (non-hydrogen) atoms. The van der Waals surface area contributed by atoms with Crippen LogP contribution in [0.1, 0.15) is 11.1 Å². The van der Waals surface area contributed by atoms with Crippen molar-refractivity contribution in [3.63, 3.8) is 0 Å². The molecule has 2 aromatic carbocycles. The number of carbonyl (C=O) groups is 1. The number of hydrogen-bond donors (Lipinski definition) is 2. The van der Waals surface area contributed by atoms with Crippen molar-refractivity contribution >= 4 is 56.2 Å². The standard InChI is InChI=1S/C17H9BrF3IN2O2/c18-12-5-9(15(25)14(22)7-12)4-10(8-23)16(26)24-13-3-1-2-11(6-13)17(19,20)21/h1-7,25H,(H,24,26)/b10-4+. The second-order valence-corrected chi connectivity index (χ2v) is 7.11. The Labute approximate surface area is 168 Å². The smallest absolute Gasteiger partial charge is 0.416 e. The molecule has 4 nitrogen and oxygen atoms in total. The summed E-state index contributed by atoms with van der Waals surface area (Å²) in [5.41, 5.74) is -1.16. The monoisotopic (exact) mass is 536 g/mol. The van der Waals surface area contributed by atoms with Gasteiger partial charge >= 0.3 is 6.18 Å². The number of nitriles is 1. The predicted octanol–water partition coefficient (Wildman–Crippen LogP) is 5.32. The molecule has 2 N–H and O–H groups in total. The number of nitrogens with zero attached hydrogens (tertiary/aromatic N) is 1. The van der Waals surface area contributed by atoms with E-state index in [4.69, 9.17) is 0 Å². The van der Waals surface area contributed by atoms with E-state index in [-0.39, 0.29) is 22.6 Å². The van der Waals surface area contributed by atoms with E-state index in [0.29, 0.717) is 8.04 Å². The summed E-state index contributed by atoms with van der Waals surface area (Å²) in [5.74, 6) is -1.00. The molecule has 0 radical (unpaired) electrons. The zero-order chi connectivity index (χ0) is 19.5. The van der Waals surface area contributed by atoms with Crippen molar-refractivity contribution in [2.24, 2.45) is 0 Å². The number of phenols is 1. The molecule has 0 aromatic heterocycles. The first-order valence-corrected chi connectivity index (χ1v) is 8.77. The van der Waals surface area contributed by atoms with Crippen LogP contribution >= 0.6 is 38.5 Å². The van der Waals surface area contributed by atoms with Crippen LogP contribution in [0.4, 0.5) is 18.9 Å². The van der Waals surface area contributed by atoms with Gasteiger partial charge in [0.2, 0.25) is 0 Å². The second kappa shape index (κ2) is 8.09. The van der Waals surface area contributed by atoms with E-state index < -0.39 is 17.6 Å². The number of carbonyl (C=O) groups excluding carboxylic acids is 1. The highest BCUT2D eigenvalue weighted by Crippen LogP contribution is 2.32. The van der Waals surface area contributed by atoms with Crippen molar-refractivity contribution < 1.29 is 23.1 Å². The number of amides is 1. The Morgan fingerprint density at radius 2 is 2.00 bits per heavy atom. The van der Waals surface area contributed by atoms with Crippen LogP contribution in [0.25, 0.3) is 6.08 Å². The molecule has 1 amide bonds. The van der Waals surface area contributed by atoms with Gasteiger partial charge in [-0.2, -0.15) is 18.4 Å². The number of hydrogen-bond acceptors (Lipinski definition) is 3. The highest BCUT2D eigenvalue weighted by Gasteiger charge is 2.30. The quantitative estimate of drug-likeness (QED) is 0.317. The van der Waals surface area contributed by atoms with Gasteiger partial charge in [0.1, 0.15) is 17.4 Å². The molecule has 0 atom stereocenters. The molecule has 0 unspecified atom stereocenters. The molecule has 0 aliphatic heterocycles. The molecule has 0 fully saturated rings. The van der Waals surface area contributed by atoms with Crippen LogP contribution in [-0.4, -0.2) is 11.0 Å². The van der Waals surface area contributed by atoms with Gasteiger partial charge in [-0.05, 0) is 59.0 Å². The lowest BCUT2D eigenvalue weighted by atomic mass is 10.1. The second-order valence-electron chi connectivity index (χ2n) is 5.03. The van der Waals surface area contributed by atoms with Crippen molar-refractivity contribution in [1.29, 1.82) is 5.26 Å². The van der Waals surface area contributed by atoms with Crippen molar-refractivity contribution in [3.8, 4) is 11.8 Å². The molecule has 9 heteroatoms. The number of halogens is 5. The first-order valence-electron chi connectivity index (χ1n) is 6.90. The Morgan fingerprint density at radius 3 is 2.62 bits per heavy atom. The van der Waals surface area contributed by atoms with E-state index >= 15 is 0 Å². The highest BCUT2D eigenvalue weighted by molar-refractivity contribution is 14.1. The third kappa shape index (κ3) is 4.98. The third-order valence-corrected chi connectivity index (χ3v) is 4.45. The Balaban J connectivity index is 2.32. The number of aromatic hydroxyl groups is 1. The maximum absolute atomic E-state index is 12.7. The molecule has 0 spiro atoms. The van der Waals surface area contributed by atoms with Crippen molar-refractivity contribution in [2.45, 2.75) is 6.18 Å². The van der Waals surface area contributed by atoms with Crippen molar-refractivity contribution in [3.05, 3.63) is 61.1 Å². The molecule has 2 rings (SSSR count). The van der Waals surface area contributed by atoms with Crippen LogP contribution < -0.4 is 5.32 Å². The molecule has 0 heterocycles. The number of phenolic OH excluding ortho intramolecular Hbond substituents is 1. The largest absolute Gasteiger partial charge is 0.506 e. The Hall–Kier alpha value is -2.06. The maximum Gasteiger partial charge on any atom is 0.416 e. The van der Waals surface area contributed by atoms with Gasteiger partial charge in [0.25, 0.3) is 5.91 Å². The van der Waals surface area contributed by atoms with E-state index in [1.54, 1.807) is 12.1 Å². The van der Waals surface area contributed by atoms with E-state index in [2.05, 4.69) is 21.2 Å². The van der Waals surface area contributed by atoms with Gasteiger partial charge in [0.15, 0.2) is 0 Å². The topological polar surface area (TPSA) is 73.1 Å². The van der Waals surface area contributed by atoms with Crippen LogP contribution in [0.2, 0.25) is 0 Å². The molecule has 134 valence electrons. The fraction of sp³-hybridized carbons (Fsp3) is 0.0588. The fourth-order valence-electron chi connectivity index (χ4n) is 1.97. The lowest BCUT2D eigenvalue weighted by Gasteiger charge is -2.10. The van der Waals surface area contributed by atoms with Gasteiger partial charge in [0, 0.05) is 15.7 Å². The first-order chi connectivity index (χ1) is 12.1. The lowest BCUT2D eigenvalue weighted by molar-refractivity contribution is -0.137. The van der Waals surface area contributed by atoms with Gasteiger partial charge in [0.05, 0.1) is 9.13 Å². The Bertz CT molecular complexity index is 937. The Kier molecular flexibility index (Phi) is 6.30. The number of anilines is 1. The molecule has 2 aromatic rings. The van der Waals surface area contributed by atoms with Crippen LogP contribution in [0.3, 0.4) is 0 Å². The minimum atomic E-state index is -4.55. The van der Waals surface area contributed by atoms with Gasteiger partial charge in [-0.25, -0.2) is 0 Å². The Morgan fingerprint density at radius 1 is 1.31 bits per heavy atom. The minimum Gasteiger partial charge on any atom is -0.506 e. The van der Waals surface area contributed by atoms with Gasteiger partial charge < -0.3 is 10.4 Å². The van der Waals surface area contributed by atoms with Gasteiger partial charge in [-0.1, -0.05) is 22.0 Å².